The third kappa shape index (κ3) is 4.60. The molecule has 1 N–H and O–H groups in total. The van der Waals surface area contributed by atoms with E-state index in [4.69, 9.17) is 4.74 Å². The first-order valence-electron chi connectivity index (χ1n) is 7.56. The number of methoxy groups -OCH3 is 1. The normalized spacial score (nSPS) is 12.2. The fourth-order valence-corrected chi connectivity index (χ4v) is 3.09. The standard InChI is InChI=1S/C18H23NO2S/c1-13(2)18(14-6-8-15(21-3)9-7-14)19-17(20)11-10-16-5-4-12-22-16/h4-9,12-13,18H,10-11H2,1-3H3,(H,19,20). The minimum Gasteiger partial charge on any atom is -0.497 e. The van der Waals surface area contributed by atoms with E-state index in [1.54, 1.807) is 18.4 Å². The van der Waals surface area contributed by atoms with Crippen molar-refractivity contribution in [1.29, 1.82) is 0 Å². The SMILES string of the molecule is COc1ccc(C(NC(=O)CCc2cccs2)C(C)C)cc1. The van der Waals surface area contributed by atoms with Gasteiger partial charge in [-0.3, -0.25) is 4.79 Å². The maximum Gasteiger partial charge on any atom is 0.220 e. The van der Waals surface area contributed by atoms with Crippen molar-refractivity contribution >= 4 is 17.2 Å². The summed E-state index contributed by atoms with van der Waals surface area (Å²) in [5.74, 6) is 1.26. The smallest absolute Gasteiger partial charge is 0.220 e. The summed E-state index contributed by atoms with van der Waals surface area (Å²) in [5, 5.41) is 5.20. The van der Waals surface area contributed by atoms with Crippen LogP contribution in [0.4, 0.5) is 0 Å². The van der Waals surface area contributed by atoms with Gasteiger partial charge in [-0.1, -0.05) is 32.0 Å². The summed E-state index contributed by atoms with van der Waals surface area (Å²) in [7, 11) is 1.65. The molecule has 0 radical (unpaired) electrons. The maximum absolute atomic E-state index is 12.2. The summed E-state index contributed by atoms with van der Waals surface area (Å²) < 4.78 is 5.18. The number of amides is 1. The third-order valence-electron chi connectivity index (χ3n) is 3.64. The molecule has 0 aliphatic rings. The minimum atomic E-state index is 0.0294. The van der Waals surface area contributed by atoms with Crippen molar-refractivity contribution in [3.8, 4) is 5.75 Å². The number of hydrogen-bond donors (Lipinski definition) is 1. The van der Waals surface area contributed by atoms with Crippen LogP contribution in [0, 0.1) is 5.92 Å². The number of carbonyl (C=O) groups is 1. The molecule has 0 aliphatic heterocycles. The summed E-state index contributed by atoms with van der Waals surface area (Å²) in [6.07, 6.45) is 1.33. The summed E-state index contributed by atoms with van der Waals surface area (Å²) in [6, 6.07) is 12.0. The Hall–Kier alpha value is -1.81. The van der Waals surface area contributed by atoms with E-state index in [1.807, 2.05) is 35.7 Å². The van der Waals surface area contributed by atoms with Crippen LogP contribution >= 0.6 is 11.3 Å². The highest BCUT2D eigenvalue weighted by atomic mass is 32.1. The van der Waals surface area contributed by atoms with Gasteiger partial charge in [-0.2, -0.15) is 0 Å². The van der Waals surface area contributed by atoms with Gasteiger partial charge in [0.2, 0.25) is 5.91 Å². The third-order valence-corrected chi connectivity index (χ3v) is 4.57. The van der Waals surface area contributed by atoms with Crippen LogP contribution in [0.15, 0.2) is 41.8 Å². The van der Waals surface area contributed by atoms with Crippen LogP contribution in [0.5, 0.6) is 5.75 Å². The number of aryl methyl sites for hydroxylation is 1. The van der Waals surface area contributed by atoms with Crippen molar-refractivity contribution < 1.29 is 9.53 Å². The number of carbonyl (C=O) groups excluding carboxylic acids is 1. The molecule has 22 heavy (non-hydrogen) atoms. The van der Waals surface area contributed by atoms with E-state index < -0.39 is 0 Å². The molecule has 2 rings (SSSR count). The van der Waals surface area contributed by atoms with Gasteiger partial charge < -0.3 is 10.1 Å². The lowest BCUT2D eigenvalue weighted by Gasteiger charge is -2.23. The number of nitrogens with one attached hydrogen (secondary N) is 1. The predicted molar refractivity (Wildman–Crippen MR) is 91.4 cm³/mol. The van der Waals surface area contributed by atoms with Gasteiger partial charge in [-0.25, -0.2) is 0 Å². The van der Waals surface area contributed by atoms with Gasteiger partial charge in [-0.05, 0) is 41.5 Å². The second-order valence-corrected chi connectivity index (χ2v) is 6.67. The highest BCUT2D eigenvalue weighted by Crippen LogP contribution is 2.24. The van der Waals surface area contributed by atoms with Gasteiger partial charge in [0, 0.05) is 11.3 Å². The summed E-state index contributed by atoms with van der Waals surface area (Å²) in [5.41, 5.74) is 1.11. The van der Waals surface area contributed by atoms with E-state index in [2.05, 4.69) is 25.2 Å². The van der Waals surface area contributed by atoms with E-state index in [-0.39, 0.29) is 11.9 Å². The van der Waals surface area contributed by atoms with E-state index in [9.17, 15) is 4.79 Å². The largest absolute Gasteiger partial charge is 0.497 e. The van der Waals surface area contributed by atoms with Crippen LogP contribution in [0.25, 0.3) is 0 Å². The van der Waals surface area contributed by atoms with Crippen molar-refractivity contribution in [3.05, 3.63) is 52.2 Å². The Kier molecular flexibility index (Phi) is 6.01. The van der Waals surface area contributed by atoms with Crippen LogP contribution < -0.4 is 10.1 Å². The quantitative estimate of drug-likeness (QED) is 0.831. The molecule has 2 aromatic rings. The van der Waals surface area contributed by atoms with Gasteiger partial charge >= 0.3 is 0 Å². The van der Waals surface area contributed by atoms with Gasteiger partial charge in [0.05, 0.1) is 13.2 Å². The molecule has 1 amide bonds. The molecule has 0 saturated carbocycles. The Balaban J connectivity index is 1.96. The molecule has 1 aromatic heterocycles. The molecule has 118 valence electrons. The van der Waals surface area contributed by atoms with E-state index in [1.165, 1.54) is 4.88 Å². The Morgan fingerprint density at radius 3 is 2.50 bits per heavy atom. The van der Waals surface area contributed by atoms with Crippen LogP contribution in [0.1, 0.15) is 36.8 Å². The second kappa shape index (κ2) is 7.99. The summed E-state index contributed by atoms with van der Waals surface area (Å²) >= 11 is 1.70. The molecule has 0 spiro atoms. The molecule has 0 aliphatic carbocycles. The molecule has 4 heteroatoms. The fourth-order valence-electron chi connectivity index (χ4n) is 2.38. The monoisotopic (exact) mass is 317 g/mol. The van der Waals surface area contributed by atoms with Crippen LogP contribution in [-0.4, -0.2) is 13.0 Å². The Morgan fingerprint density at radius 1 is 1.23 bits per heavy atom. The van der Waals surface area contributed by atoms with E-state index in [0.717, 1.165) is 17.7 Å². The van der Waals surface area contributed by atoms with Gasteiger partial charge in [0.25, 0.3) is 0 Å². The second-order valence-electron chi connectivity index (χ2n) is 5.64. The predicted octanol–water partition coefficient (Wildman–Crippen LogP) is 4.20. The average molecular weight is 317 g/mol. The number of rotatable bonds is 7. The first-order chi connectivity index (χ1) is 10.6. The molecule has 0 fully saturated rings. The van der Waals surface area contributed by atoms with Gasteiger partial charge in [0.15, 0.2) is 0 Å². The van der Waals surface area contributed by atoms with Gasteiger partial charge in [-0.15, -0.1) is 11.3 Å². The van der Waals surface area contributed by atoms with Crippen LogP contribution in [0.2, 0.25) is 0 Å². The highest BCUT2D eigenvalue weighted by Gasteiger charge is 2.18. The topological polar surface area (TPSA) is 38.3 Å². The Bertz CT molecular complexity index is 576. The van der Waals surface area contributed by atoms with Crippen molar-refractivity contribution in [1.82, 2.24) is 5.32 Å². The maximum atomic E-state index is 12.2. The zero-order chi connectivity index (χ0) is 15.9. The molecule has 0 saturated heterocycles. The molecule has 3 nitrogen and oxygen atoms in total. The first kappa shape index (κ1) is 16.6. The van der Waals surface area contributed by atoms with Crippen molar-refractivity contribution in [3.63, 3.8) is 0 Å². The molecule has 1 unspecified atom stereocenters. The van der Waals surface area contributed by atoms with E-state index >= 15 is 0 Å². The zero-order valence-corrected chi connectivity index (χ0v) is 14.2. The molecule has 1 heterocycles. The first-order valence-corrected chi connectivity index (χ1v) is 8.44. The van der Waals surface area contributed by atoms with Crippen LogP contribution in [-0.2, 0) is 11.2 Å². The lowest BCUT2D eigenvalue weighted by molar-refractivity contribution is -0.122. The van der Waals surface area contributed by atoms with Crippen molar-refractivity contribution in [2.45, 2.75) is 32.7 Å². The Labute approximate surface area is 136 Å². The molecule has 0 bridgehead atoms. The van der Waals surface area contributed by atoms with E-state index in [0.29, 0.717) is 12.3 Å². The molecule has 1 atom stereocenters. The molecular formula is C18H23NO2S. The van der Waals surface area contributed by atoms with Crippen molar-refractivity contribution in [2.24, 2.45) is 5.92 Å². The number of benzene rings is 1. The minimum absolute atomic E-state index is 0.0294. The van der Waals surface area contributed by atoms with Gasteiger partial charge in [0.1, 0.15) is 5.75 Å². The Morgan fingerprint density at radius 2 is 1.95 bits per heavy atom. The van der Waals surface area contributed by atoms with Crippen LogP contribution in [0.3, 0.4) is 0 Å². The lowest BCUT2D eigenvalue weighted by atomic mass is 9.95. The average Bonchev–Trinajstić information content (AvgIpc) is 3.04. The zero-order valence-electron chi connectivity index (χ0n) is 13.3. The summed E-state index contributed by atoms with van der Waals surface area (Å²) in [4.78, 5) is 13.5. The lowest BCUT2D eigenvalue weighted by Crippen LogP contribution is -2.31. The number of hydrogen-bond acceptors (Lipinski definition) is 3. The number of thiophene rings is 1. The summed E-state index contributed by atoms with van der Waals surface area (Å²) in [6.45, 7) is 4.24. The number of ether oxygens (including phenoxy) is 1. The van der Waals surface area contributed by atoms with Crippen molar-refractivity contribution in [2.75, 3.05) is 7.11 Å². The molecule has 1 aromatic carbocycles. The molecular weight excluding hydrogens is 294 g/mol. The fraction of sp³-hybridized carbons (Fsp3) is 0.389. The highest BCUT2D eigenvalue weighted by molar-refractivity contribution is 7.09.